The van der Waals surface area contributed by atoms with Gasteiger partial charge in [-0.1, -0.05) is 0 Å². The van der Waals surface area contributed by atoms with Crippen LogP contribution >= 0.6 is 0 Å². The summed E-state index contributed by atoms with van der Waals surface area (Å²) in [6, 6.07) is 11.6. The van der Waals surface area contributed by atoms with Gasteiger partial charge in [0.2, 0.25) is 0 Å². The van der Waals surface area contributed by atoms with Crippen LogP contribution in [0.2, 0.25) is 0 Å². The number of halogens is 1. The predicted octanol–water partition coefficient (Wildman–Crippen LogP) is 4.79. The van der Waals surface area contributed by atoms with E-state index in [-0.39, 0.29) is 18.0 Å². The zero-order chi connectivity index (χ0) is 29.9. The van der Waals surface area contributed by atoms with E-state index < -0.39 is 5.82 Å². The van der Waals surface area contributed by atoms with Crippen molar-refractivity contribution in [2.24, 2.45) is 17.6 Å². The maximum Gasteiger partial charge on any atom is 0.255 e. The third-order valence-electron chi connectivity index (χ3n) is 10.1. The van der Waals surface area contributed by atoms with Crippen molar-refractivity contribution in [3.63, 3.8) is 0 Å². The van der Waals surface area contributed by atoms with Crippen molar-refractivity contribution >= 4 is 28.1 Å². The topological polar surface area (TPSA) is 112 Å². The van der Waals surface area contributed by atoms with Gasteiger partial charge in [0.05, 0.1) is 17.0 Å². The Hall–Kier alpha value is -4.64. The van der Waals surface area contributed by atoms with Gasteiger partial charge in [0.15, 0.2) is 5.65 Å². The highest BCUT2D eigenvalue weighted by Gasteiger charge is 2.47. The summed E-state index contributed by atoms with van der Waals surface area (Å²) < 4.78 is 21.5. The summed E-state index contributed by atoms with van der Waals surface area (Å²) in [6.45, 7) is 5.27. The fourth-order valence-corrected chi connectivity index (χ4v) is 7.48. The first-order chi connectivity index (χ1) is 21.3. The summed E-state index contributed by atoms with van der Waals surface area (Å²) in [5, 5.41) is 14.3. The average Bonchev–Trinajstić information content (AvgIpc) is 3.24. The Morgan fingerprint density at radius 3 is 2.70 bits per heavy atom. The van der Waals surface area contributed by atoms with Gasteiger partial charge in [-0.05, 0) is 87.8 Å². The van der Waals surface area contributed by atoms with Crippen molar-refractivity contribution in [1.82, 2.24) is 38.7 Å². The maximum absolute atomic E-state index is 15.7. The highest BCUT2D eigenvalue weighted by molar-refractivity contribution is 5.95. The molecule has 1 saturated heterocycles. The van der Waals surface area contributed by atoms with Crippen LogP contribution in [-0.2, 0) is 6.54 Å². The van der Waals surface area contributed by atoms with Gasteiger partial charge in [0.25, 0.3) is 5.91 Å². The molecule has 3 aliphatic rings. The molecule has 1 aliphatic heterocycles. The molecule has 0 aromatic carbocycles. The highest BCUT2D eigenvalue weighted by Crippen LogP contribution is 2.39. The van der Waals surface area contributed by atoms with Crippen LogP contribution in [0.5, 0.6) is 0 Å². The van der Waals surface area contributed by atoms with Gasteiger partial charge in [0.1, 0.15) is 28.5 Å². The first kappa shape index (κ1) is 25.8. The van der Waals surface area contributed by atoms with Crippen LogP contribution in [-0.4, -0.2) is 63.2 Å². The summed E-state index contributed by atoms with van der Waals surface area (Å²) in [7, 11) is 0. The standard InChI is InChI=1S/C33H32FN9O/c1-17-30(39-43-16-23(11-24(34)31(17)43)33(44)42-15-22-6-8-26(42)29(22)35)27-12-21-5-7-25(36-32(21)41(27)14-19-3-4-19)20-9-10-40-18(2)37-38-28(40)13-20/h5,7,9-13,16,19,22,26,29H,3-4,6,8,14-15,35H2,1-2H3/t22?,26?,29-/m1/s1. The molecule has 7 heterocycles. The number of carbonyl (C=O) groups is 1. The number of hydrogen-bond donors (Lipinski definition) is 1. The molecule has 11 heteroatoms. The minimum absolute atomic E-state index is 0.00314. The molecule has 222 valence electrons. The lowest BCUT2D eigenvalue weighted by molar-refractivity contribution is 0.0699. The van der Waals surface area contributed by atoms with Gasteiger partial charge in [-0.3, -0.25) is 9.20 Å². The van der Waals surface area contributed by atoms with Crippen molar-refractivity contribution in [3.05, 3.63) is 71.6 Å². The van der Waals surface area contributed by atoms with E-state index in [1.807, 2.05) is 47.5 Å². The summed E-state index contributed by atoms with van der Waals surface area (Å²) in [5.74, 6) is 1.10. The molecule has 9 rings (SSSR count). The summed E-state index contributed by atoms with van der Waals surface area (Å²) in [6.07, 6.45) is 7.94. The highest BCUT2D eigenvalue weighted by atomic mass is 19.1. The minimum atomic E-state index is -0.454. The molecule has 2 bridgehead atoms. The van der Waals surface area contributed by atoms with Crippen molar-refractivity contribution in [1.29, 1.82) is 0 Å². The molecule has 3 atom stereocenters. The lowest BCUT2D eigenvalue weighted by Crippen LogP contribution is -2.41. The summed E-state index contributed by atoms with van der Waals surface area (Å²) in [4.78, 5) is 20.5. The van der Waals surface area contributed by atoms with Crippen LogP contribution < -0.4 is 5.73 Å². The fraction of sp³-hybridized carbons (Fsp3) is 0.364. The number of aryl methyl sites for hydroxylation is 2. The molecule has 44 heavy (non-hydrogen) atoms. The van der Waals surface area contributed by atoms with E-state index in [4.69, 9.17) is 15.8 Å². The Balaban J connectivity index is 1.14. The monoisotopic (exact) mass is 589 g/mol. The number of amides is 1. The van der Waals surface area contributed by atoms with E-state index in [2.05, 4.69) is 26.9 Å². The second-order valence-corrected chi connectivity index (χ2v) is 12.9. The third kappa shape index (κ3) is 3.78. The van der Waals surface area contributed by atoms with Crippen LogP contribution in [0, 0.1) is 31.5 Å². The molecule has 0 radical (unpaired) electrons. The Labute approximate surface area is 252 Å². The van der Waals surface area contributed by atoms with Gasteiger partial charge in [-0.2, -0.15) is 5.10 Å². The average molecular weight is 590 g/mol. The normalized spacial score (nSPS) is 21.5. The largest absolute Gasteiger partial charge is 0.334 e. The molecule has 1 amide bonds. The van der Waals surface area contributed by atoms with E-state index >= 15 is 4.39 Å². The van der Waals surface area contributed by atoms with Crippen LogP contribution in [0.1, 0.15) is 47.4 Å². The van der Waals surface area contributed by atoms with E-state index in [0.29, 0.717) is 35.2 Å². The molecule has 2 saturated carbocycles. The zero-order valence-corrected chi connectivity index (χ0v) is 24.6. The summed E-state index contributed by atoms with van der Waals surface area (Å²) in [5.41, 5.74) is 12.8. The number of nitrogens with zero attached hydrogens (tertiary/aromatic N) is 8. The first-order valence-corrected chi connectivity index (χ1v) is 15.4. The van der Waals surface area contributed by atoms with Gasteiger partial charge >= 0.3 is 0 Å². The van der Waals surface area contributed by atoms with Gasteiger partial charge in [-0.15, -0.1) is 10.2 Å². The lowest BCUT2D eigenvalue weighted by Gasteiger charge is -2.27. The number of aromatic nitrogens is 7. The van der Waals surface area contributed by atoms with Gasteiger partial charge in [0, 0.05) is 54.1 Å². The number of pyridine rings is 3. The summed E-state index contributed by atoms with van der Waals surface area (Å²) >= 11 is 0. The van der Waals surface area contributed by atoms with Crippen molar-refractivity contribution in [2.45, 2.75) is 58.2 Å². The number of nitrogens with two attached hydrogens (primary N) is 1. The van der Waals surface area contributed by atoms with Crippen molar-refractivity contribution in [2.75, 3.05) is 6.54 Å². The predicted molar refractivity (Wildman–Crippen MR) is 164 cm³/mol. The number of hydrogen-bond acceptors (Lipinski definition) is 6. The van der Waals surface area contributed by atoms with E-state index in [1.54, 1.807) is 6.20 Å². The second kappa shape index (κ2) is 9.18. The van der Waals surface area contributed by atoms with Crippen molar-refractivity contribution < 1.29 is 9.18 Å². The van der Waals surface area contributed by atoms with E-state index in [0.717, 1.165) is 64.4 Å². The van der Waals surface area contributed by atoms with E-state index in [9.17, 15) is 4.79 Å². The minimum Gasteiger partial charge on any atom is -0.334 e. The second-order valence-electron chi connectivity index (χ2n) is 12.9. The molecule has 6 aromatic heterocycles. The Bertz CT molecular complexity index is 2160. The Kier molecular flexibility index (Phi) is 5.39. The quantitative estimate of drug-likeness (QED) is 0.310. The van der Waals surface area contributed by atoms with Crippen LogP contribution in [0.4, 0.5) is 4.39 Å². The number of fused-ring (bicyclic) bond motifs is 5. The number of likely N-dealkylation sites (tertiary alicyclic amines) is 1. The maximum atomic E-state index is 15.7. The fourth-order valence-electron chi connectivity index (χ4n) is 7.48. The smallest absolute Gasteiger partial charge is 0.255 e. The molecule has 3 fully saturated rings. The molecule has 6 aromatic rings. The number of rotatable bonds is 5. The molecular weight excluding hydrogens is 557 g/mol. The zero-order valence-electron chi connectivity index (χ0n) is 24.6. The van der Waals surface area contributed by atoms with Gasteiger partial charge < -0.3 is 15.2 Å². The number of carbonyl (C=O) groups excluding carboxylic acids is 1. The lowest BCUT2D eigenvalue weighted by atomic mass is 10.1. The first-order valence-electron chi connectivity index (χ1n) is 15.4. The molecule has 2 N–H and O–H groups in total. The number of piperidine rings is 1. The molecule has 2 aliphatic carbocycles. The molecular formula is C33H32FN9O. The van der Waals surface area contributed by atoms with Crippen LogP contribution in [0.15, 0.2) is 48.8 Å². The SMILES string of the molecule is Cc1c(-c2cc3ccc(-c4ccn5c(C)nnc5c4)nc3n2CC2CC2)nn2cc(C(=O)N3CC4CCC3[C@@H]4N)cc(F)c12. The molecule has 0 spiro atoms. The molecule has 10 nitrogen and oxygen atoms in total. The van der Waals surface area contributed by atoms with Crippen LogP contribution in [0.25, 0.3) is 44.8 Å². The van der Waals surface area contributed by atoms with Crippen LogP contribution in [0.3, 0.4) is 0 Å². The Morgan fingerprint density at radius 1 is 1.07 bits per heavy atom. The molecule has 2 unspecified atom stereocenters. The Morgan fingerprint density at radius 2 is 1.93 bits per heavy atom. The van der Waals surface area contributed by atoms with Crippen molar-refractivity contribution in [3.8, 4) is 22.6 Å². The van der Waals surface area contributed by atoms with E-state index in [1.165, 1.54) is 23.4 Å². The van der Waals surface area contributed by atoms with Gasteiger partial charge in [-0.25, -0.2) is 13.9 Å². The third-order valence-corrected chi connectivity index (χ3v) is 10.1.